The van der Waals surface area contributed by atoms with Gasteiger partial charge in [0.1, 0.15) is 23.2 Å². The zero-order valence-corrected chi connectivity index (χ0v) is 27.0. The van der Waals surface area contributed by atoms with Crippen molar-refractivity contribution in [3.8, 4) is 16.8 Å². The van der Waals surface area contributed by atoms with Crippen LogP contribution in [-0.2, 0) is 0 Å². The molecule has 0 radical (unpaired) electrons. The summed E-state index contributed by atoms with van der Waals surface area (Å²) in [7, 11) is 0. The van der Waals surface area contributed by atoms with Crippen LogP contribution in [0.25, 0.3) is 60.6 Å². The fourth-order valence-electron chi connectivity index (χ4n) is 7.32. The van der Waals surface area contributed by atoms with E-state index in [1.165, 1.54) is 27.4 Å². The molecule has 1 aliphatic rings. The van der Waals surface area contributed by atoms with Crippen molar-refractivity contribution in [2.24, 2.45) is 9.98 Å². The van der Waals surface area contributed by atoms with Gasteiger partial charge in [-0.2, -0.15) is 0 Å². The van der Waals surface area contributed by atoms with E-state index >= 15 is 0 Å². The zero-order valence-electron chi connectivity index (χ0n) is 27.0. The summed E-state index contributed by atoms with van der Waals surface area (Å²) in [5, 5.41) is 8.26. The van der Waals surface area contributed by atoms with Gasteiger partial charge in [0.2, 0.25) is 0 Å². The van der Waals surface area contributed by atoms with Crippen molar-refractivity contribution in [3.05, 3.63) is 187 Å². The van der Waals surface area contributed by atoms with Gasteiger partial charge in [0.15, 0.2) is 5.84 Å². The van der Waals surface area contributed by atoms with E-state index in [0.29, 0.717) is 5.84 Å². The summed E-state index contributed by atoms with van der Waals surface area (Å²) < 4.78 is 8.97. The number of rotatable bonds is 5. The number of amidine groups is 2. The first-order valence-electron chi connectivity index (χ1n) is 16.9. The Kier molecular flexibility index (Phi) is 6.49. The minimum atomic E-state index is -0.324. The van der Waals surface area contributed by atoms with E-state index < -0.39 is 0 Å². The number of benzene rings is 7. The highest BCUT2D eigenvalue weighted by Gasteiger charge is 2.23. The molecule has 7 aromatic carbocycles. The highest BCUT2D eigenvalue weighted by Crippen LogP contribution is 2.39. The summed E-state index contributed by atoms with van der Waals surface area (Å²) in [6, 6.07) is 59.1. The number of para-hydroxylation sites is 2. The summed E-state index contributed by atoms with van der Waals surface area (Å²) in [5.74, 6) is 1.44. The molecular formula is C45H30N4O. The first-order valence-corrected chi connectivity index (χ1v) is 16.9. The van der Waals surface area contributed by atoms with Crippen LogP contribution < -0.4 is 5.32 Å². The molecule has 5 nitrogen and oxygen atoms in total. The standard InChI is InChI=1S/C45H30N4O/c1-3-13-29(14-4-1)31-17-11-18-32(27-31)44-46-43(30-15-5-2-6-16-30)47-45(48-44)33-25-26-36-41(28-33)50-40-24-12-23-39(42(36)40)49-37-21-9-7-19-34(37)35-20-8-10-22-38(35)49/h1-28,44H,(H,46,47,48). The van der Waals surface area contributed by atoms with Gasteiger partial charge in [-0.3, -0.25) is 0 Å². The second-order valence-corrected chi connectivity index (χ2v) is 12.7. The molecular weight excluding hydrogens is 613 g/mol. The lowest BCUT2D eigenvalue weighted by Gasteiger charge is -2.24. The molecule has 0 aliphatic carbocycles. The van der Waals surface area contributed by atoms with Crippen LogP contribution >= 0.6 is 0 Å². The second kappa shape index (κ2) is 11.5. The topological polar surface area (TPSA) is 54.8 Å². The molecule has 0 saturated carbocycles. The average Bonchev–Trinajstić information content (AvgIpc) is 3.74. The third-order valence-electron chi connectivity index (χ3n) is 9.65. The average molecular weight is 643 g/mol. The van der Waals surface area contributed by atoms with Crippen molar-refractivity contribution < 1.29 is 4.42 Å². The maximum absolute atomic E-state index is 6.61. The van der Waals surface area contributed by atoms with E-state index in [0.717, 1.165) is 55.7 Å². The fraction of sp³-hybridized carbons (Fsp3) is 0.0222. The Hall–Kier alpha value is -6.72. The van der Waals surface area contributed by atoms with Crippen molar-refractivity contribution in [1.82, 2.24) is 9.88 Å². The minimum absolute atomic E-state index is 0.324. The maximum Gasteiger partial charge on any atom is 0.159 e. The summed E-state index contributed by atoms with van der Waals surface area (Å²) in [5.41, 5.74) is 10.4. The summed E-state index contributed by atoms with van der Waals surface area (Å²) in [6.07, 6.45) is -0.324. The Morgan fingerprint density at radius 3 is 1.92 bits per heavy atom. The van der Waals surface area contributed by atoms with E-state index in [2.05, 4.69) is 155 Å². The van der Waals surface area contributed by atoms with Gasteiger partial charge in [-0.25, -0.2) is 9.98 Å². The third-order valence-corrected chi connectivity index (χ3v) is 9.65. The highest BCUT2D eigenvalue weighted by molar-refractivity contribution is 6.17. The Morgan fingerprint density at radius 2 is 1.16 bits per heavy atom. The fourth-order valence-corrected chi connectivity index (χ4v) is 7.32. The number of hydrogen-bond donors (Lipinski definition) is 1. The van der Waals surface area contributed by atoms with Crippen molar-refractivity contribution in [3.63, 3.8) is 0 Å². The normalized spacial score (nSPS) is 14.6. The number of aliphatic imine (C=N–C) groups is 2. The Morgan fingerprint density at radius 1 is 0.500 bits per heavy atom. The summed E-state index contributed by atoms with van der Waals surface area (Å²) in [4.78, 5) is 10.2. The molecule has 0 amide bonds. The van der Waals surface area contributed by atoms with Crippen molar-refractivity contribution >= 4 is 55.4 Å². The Bertz CT molecular complexity index is 2740. The lowest BCUT2D eigenvalue weighted by Crippen LogP contribution is -2.33. The van der Waals surface area contributed by atoms with E-state index in [1.54, 1.807) is 0 Å². The number of nitrogens with one attached hydrogen (secondary N) is 1. The van der Waals surface area contributed by atoms with Gasteiger partial charge in [0.05, 0.1) is 22.1 Å². The van der Waals surface area contributed by atoms with Crippen LogP contribution in [0.2, 0.25) is 0 Å². The SMILES string of the molecule is c1ccc(C2=NC(c3cccc(-c4ccccc4)c3)NC(c3ccc4c(c3)oc3cccc(-n5c6ccccc6c6ccccc65)c34)=N2)cc1. The van der Waals surface area contributed by atoms with Crippen LogP contribution in [0.15, 0.2) is 184 Å². The molecule has 1 unspecified atom stereocenters. The molecule has 1 aliphatic heterocycles. The van der Waals surface area contributed by atoms with E-state index in [-0.39, 0.29) is 6.17 Å². The predicted octanol–water partition coefficient (Wildman–Crippen LogP) is 10.8. The smallest absolute Gasteiger partial charge is 0.159 e. The molecule has 9 aromatic rings. The predicted molar refractivity (Wildman–Crippen MR) is 205 cm³/mol. The number of hydrogen-bond acceptors (Lipinski definition) is 4. The Labute approximate surface area is 288 Å². The van der Waals surface area contributed by atoms with Gasteiger partial charge >= 0.3 is 0 Å². The maximum atomic E-state index is 6.61. The van der Waals surface area contributed by atoms with Crippen LogP contribution in [0.5, 0.6) is 0 Å². The summed E-state index contributed by atoms with van der Waals surface area (Å²) in [6.45, 7) is 0. The second-order valence-electron chi connectivity index (χ2n) is 12.7. The van der Waals surface area contributed by atoms with Gasteiger partial charge < -0.3 is 14.3 Å². The van der Waals surface area contributed by atoms with E-state index in [1.807, 2.05) is 24.3 Å². The molecule has 0 saturated heterocycles. The zero-order chi connectivity index (χ0) is 33.0. The number of fused-ring (bicyclic) bond motifs is 6. The first kappa shape index (κ1) is 28.3. The third kappa shape index (κ3) is 4.63. The van der Waals surface area contributed by atoms with Gasteiger partial charge in [-0.05, 0) is 59.2 Å². The van der Waals surface area contributed by atoms with Crippen LogP contribution in [0.1, 0.15) is 22.9 Å². The van der Waals surface area contributed by atoms with Gasteiger partial charge in [0.25, 0.3) is 0 Å². The number of nitrogens with zero attached hydrogens (tertiary/aromatic N) is 3. The van der Waals surface area contributed by atoms with E-state index in [4.69, 9.17) is 14.4 Å². The minimum Gasteiger partial charge on any atom is -0.456 e. The van der Waals surface area contributed by atoms with Crippen LogP contribution in [0.4, 0.5) is 0 Å². The molecule has 0 fully saturated rings. The van der Waals surface area contributed by atoms with E-state index in [9.17, 15) is 0 Å². The van der Waals surface area contributed by atoms with Gasteiger partial charge in [0, 0.05) is 27.3 Å². The molecule has 5 heteroatoms. The van der Waals surface area contributed by atoms with Gasteiger partial charge in [-0.1, -0.05) is 127 Å². The van der Waals surface area contributed by atoms with Crippen molar-refractivity contribution in [2.75, 3.05) is 0 Å². The quantitative estimate of drug-likeness (QED) is 0.203. The lowest BCUT2D eigenvalue weighted by molar-refractivity contribution is 0.666. The number of furan rings is 1. The molecule has 3 heterocycles. The highest BCUT2D eigenvalue weighted by atomic mass is 16.3. The molecule has 0 spiro atoms. The Balaban J connectivity index is 1.10. The largest absolute Gasteiger partial charge is 0.456 e. The van der Waals surface area contributed by atoms with Gasteiger partial charge in [-0.15, -0.1) is 0 Å². The molecule has 1 atom stereocenters. The molecule has 1 N–H and O–H groups in total. The molecule has 50 heavy (non-hydrogen) atoms. The number of aromatic nitrogens is 1. The first-order chi connectivity index (χ1) is 24.8. The van der Waals surface area contributed by atoms with Crippen molar-refractivity contribution in [2.45, 2.75) is 6.17 Å². The molecule has 236 valence electrons. The summed E-state index contributed by atoms with van der Waals surface area (Å²) >= 11 is 0. The molecule has 0 bridgehead atoms. The lowest BCUT2D eigenvalue weighted by atomic mass is 10.0. The van der Waals surface area contributed by atoms with Crippen molar-refractivity contribution in [1.29, 1.82) is 0 Å². The monoisotopic (exact) mass is 642 g/mol. The molecule has 2 aromatic heterocycles. The van der Waals surface area contributed by atoms with Crippen LogP contribution in [-0.4, -0.2) is 16.2 Å². The van der Waals surface area contributed by atoms with Crippen LogP contribution in [0, 0.1) is 0 Å². The molecule has 10 rings (SSSR count). The van der Waals surface area contributed by atoms with Crippen LogP contribution in [0.3, 0.4) is 0 Å².